The van der Waals surface area contributed by atoms with Gasteiger partial charge in [0.2, 0.25) is 0 Å². The van der Waals surface area contributed by atoms with E-state index in [0.29, 0.717) is 11.9 Å². The molecule has 98 valence electrons. The van der Waals surface area contributed by atoms with Gasteiger partial charge in [-0.05, 0) is 25.6 Å². The first-order chi connectivity index (χ1) is 8.67. The number of fused-ring (bicyclic) bond motifs is 1. The van der Waals surface area contributed by atoms with Gasteiger partial charge < -0.3 is 9.80 Å². The summed E-state index contributed by atoms with van der Waals surface area (Å²) in [5, 5.41) is 8.28. The summed E-state index contributed by atoms with van der Waals surface area (Å²) in [5.41, 5.74) is 2.39. The van der Waals surface area contributed by atoms with Crippen LogP contribution in [0.1, 0.15) is 31.9 Å². The van der Waals surface area contributed by atoms with Crippen LogP contribution in [-0.2, 0) is 6.54 Å². The quantitative estimate of drug-likeness (QED) is 0.864. The van der Waals surface area contributed by atoms with Crippen LogP contribution in [0.2, 0.25) is 0 Å². The number of nitrogens with zero attached hydrogens (tertiary/aromatic N) is 2. The van der Waals surface area contributed by atoms with Gasteiger partial charge in [-0.1, -0.05) is 38.1 Å². The Bertz CT molecular complexity index is 424. The van der Waals surface area contributed by atoms with Crippen molar-refractivity contribution in [2.45, 2.75) is 33.4 Å². The summed E-state index contributed by atoms with van der Waals surface area (Å²) < 4.78 is 0. The first kappa shape index (κ1) is 13.1. The number of amidine groups is 1. The van der Waals surface area contributed by atoms with Crippen molar-refractivity contribution >= 4 is 5.84 Å². The average molecular weight is 245 g/mol. The van der Waals surface area contributed by atoms with Gasteiger partial charge in [-0.3, -0.25) is 5.41 Å². The van der Waals surface area contributed by atoms with Crippen molar-refractivity contribution in [3.63, 3.8) is 0 Å². The third kappa shape index (κ3) is 2.41. The number of likely N-dealkylation sites (N-methyl/N-ethyl adjacent to an activating group) is 1. The number of nitrogens with one attached hydrogen (secondary N) is 1. The minimum atomic E-state index is 0.393. The van der Waals surface area contributed by atoms with E-state index in [4.69, 9.17) is 5.41 Å². The molecule has 0 radical (unpaired) electrons. The van der Waals surface area contributed by atoms with E-state index in [1.165, 1.54) is 5.56 Å². The molecule has 0 fully saturated rings. The molecular formula is C15H23N3. The van der Waals surface area contributed by atoms with Crippen LogP contribution in [0.4, 0.5) is 0 Å². The molecule has 18 heavy (non-hydrogen) atoms. The van der Waals surface area contributed by atoms with Crippen LogP contribution in [-0.4, -0.2) is 41.3 Å². The summed E-state index contributed by atoms with van der Waals surface area (Å²) in [4.78, 5) is 4.63. The van der Waals surface area contributed by atoms with Crippen molar-refractivity contribution in [3.8, 4) is 0 Å². The van der Waals surface area contributed by atoms with Crippen molar-refractivity contribution in [1.82, 2.24) is 9.80 Å². The maximum Gasteiger partial charge on any atom is 0.128 e. The van der Waals surface area contributed by atoms with Crippen molar-refractivity contribution in [2.75, 3.05) is 19.6 Å². The maximum absolute atomic E-state index is 8.28. The summed E-state index contributed by atoms with van der Waals surface area (Å²) in [7, 11) is 0. The summed E-state index contributed by atoms with van der Waals surface area (Å²) >= 11 is 0. The molecule has 1 atom stereocenters. The molecular weight excluding hydrogens is 222 g/mol. The number of rotatable bonds is 5. The smallest absolute Gasteiger partial charge is 0.128 e. The molecule has 3 nitrogen and oxygen atoms in total. The van der Waals surface area contributed by atoms with Crippen molar-refractivity contribution in [1.29, 1.82) is 5.41 Å². The molecule has 1 aromatic rings. The molecule has 0 aromatic heterocycles. The number of hydrogen-bond donors (Lipinski definition) is 1. The third-order valence-electron chi connectivity index (χ3n) is 3.85. The van der Waals surface area contributed by atoms with Crippen LogP contribution in [0.5, 0.6) is 0 Å². The van der Waals surface area contributed by atoms with Crippen LogP contribution < -0.4 is 0 Å². The number of benzene rings is 1. The highest BCUT2D eigenvalue weighted by atomic mass is 15.2. The molecule has 0 amide bonds. The van der Waals surface area contributed by atoms with Gasteiger partial charge in [0.1, 0.15) is 5.84 Å². The second-order valence-electron chi connectivity index (χ2n) is 4.97. The highest BCUT2D eigenvalue weighted by Gasteiger charge is 2.27. The Morgan fingerprint density at radius 2 is 1.94 bits per heavy atom. The van der Waals surface area contributed by atoms with Gasteiger partial charge in [-0.25, -0.2) is 0 Å². The highest BCUT2D eigenvalue weighted by Crippen LogP contribution is 2.24. The Morgan fingerprint density at radius 1 is 1.28 bits per heavy atom. The van der Waals surface area contributed by atoms with Gasteiger partial charge in [0.15, 0.2) is 0 Å². The SMILES string of the molecule is CCN(CC)CC(C)N1Cc2ccccc2C1=N. The van der Waals surface area contributed by atoms with Crippen LogP contribution in [0.3, 0.4) is 0 Å². The first-order valence-electron chi connectivity index (χ1n) is 6.83. The van der Waals surface area contributed by atoms with Crippen molar-refractivity contribution in [3.05, 3.63) is 35.4 Å². The Hall–Kier alpha value is -1.35. The molecule has 1 N–H and O–H groups in total. The average Bonchev–Trinajstić information content (AvgIpc) is 2.74. The van der Waals surface area contributed by atoms with E-state index in [2.05, 4.69) is 48.8 Å². The van der Waals surface area contributed by atoms with Crippen LogP contribution in [0, 0.1) is 5.41 Å². The minimum Gasteiger partial charge on any atom is -0.348 e. The number of hydrogen-bond acceptors (Lipinski definition) is 2. The monoisotopic (exact) mass is 245 g/mol. The normalized spacial score (nSPS) is 16.2. The minimum absolute atomic E-state index is 0.393. The van der Waals surface area contributed by atoms with Crippen molar-refractivity contribution in [2.24, 2.45) is 0 Å². The second-order valence-corrected chi connectivity index (χ2v) is 4.97. The summed E-state index contributed by atoms with van der Waals surface area (Å²) in [5.74, 6) is 0.685. The fourth-order valence-corrected chi connectivity index (χ4v) is 2.64. The molecule has 2 rings (SSSR count). The van der Waals surface area contributed by atoms with Gasteiger partial charge in [-0.15, -0.1) is 0 Å². The Kier molecular flexibility index (Phi) is 4.02. The Morgan fingerprint density at radius 3 is 2.56 bits per heavy atom. The van der Waals surface area contributed by atoms with E-state index in [9.17, 15) is 0 Å². The maximum atomic E-state index is 8.28. The lowest BCUT2D eigenvalue weighted by Gasteiger charge is -2.30. The fourth-order valence-electron chi connectivity index (χ4n) is 2.64. The second kappa shape index (κ2) is 5.53. The van der Waals surface area contributed by atoms with E-state index in [0.717, 1.165) is 31.7 Å². The van der Waals surface area contributed by atoms with Gasteiger partial charge in [-0.2, -0.15) is 0 Å². The molecule has 1 aliphatic rings. The van der Waals surface area contributed by atoms with E-state index in [-0.39, 0.29) is 0 Å². The molecule has 1 aliphatic heterocycles. The van der Waals surface area contributed by atoms with Gasteiger partial charge >= 0.3 is 0 Å². The zero-order chi connectivity index (χ0) is 13.1. The molecule has 1 aromatic carbocycles. The first-order valence-corrected chi connectivity index (χ1v) is 6.83. The summed E-state index contributed by atoms with van der Waals surface area (Å²) in [6, 6.07) is 8.66. The fraction of sp³-hybridized carbons (Fsp3) is 0.533. The zero-order valence-corrected chi connectivity index (χ0v) is 11.6. The van der Waals surface area contributed by atoms with Crippen LogP contribution in [0.25, 0.3) is 0 Å². The topological polar surface area (TPSA) is 30.3 Å². The molecule has 0 bridgehead atoms. The van der Waals surface area contributed by atoms with E-state index in [1.807, 2.05) is 6.07 Å². The molecule has 0 spiro atoms. The Balaban J connectivity index is 2.06. The largest absolute Gasteiger partial charge is 0.348 e. The lowest BCUT2D eigenvalue weighted by molar-refractivity contribution is 0.215. The zero-order valence-electron chi connectivity index (χ0n) is 11.6. The lowest BCUT2D eigenvalue weighted by atomic mass is 10.1. The van der Waals surface area contributed by atoms with E-state index < -0.39 is 0 Å². The molecule has 0 saturated carbocycles. The Labute approximate surface area is 110 Å². The molecule has 0 saturated heterocycles. The summed E-state index contributed by atoms with van der Waals surface area (Å²) in [6.45, 7) is 10.7. The highest BCUT2D eigenvalue weighted by molar-refractivity contribution is 6.00. The summed E-state index contributed by atoms with van der Waals surface area (Å²) in [6.07, 6.45) is 0. The molecule has 3 heteroatoms. The van der Waals surface area contributed by atoms with Gasteiger partial charge in [0.25, 0.3) is 0 Å². The van der Waals surface area contributed by atoms with Crippen molar-refractivity contribution < 1.29 is 0 Å². The van der Waals surface area contributed by atoms with E-state index in [1.54, 1.807) is 0 Å². The van der Waals surface area contributed by atoms with Gasteiger partial charge in [0.05, 0.1) is 0 Å². The molecule has 0 aliphatic carbocycles. The van der Waals surface area contributed by atoms with Crippen LogP contribution >= 0.6 is 0 Å². The van der Waals surface area contributed by atoms with Gasteiger partial charge in [0, 0.05) is 24.7 Å². The van der Waals surface area contributed by atoms with Crippen LogP contribution in [0.15, 0.2) is 24.3 Å². The van der Waals surface area contributed by atoms with E-state index >= 15 is 0 Å². The lowest BCUT2D eigenvalue weighted by Crippen LogP contribution is -2.42. The molecule has 1 heterocycles. The predicted molar refractivity (Wildman–Crippen MR) is 76.1 cm³/mol. The molecule has 1 unspecified atom stereocenters. The standard InChI is InChI=1S/C15H23N3/c1-4-17(5-2)10-12(3)18-11-13-8-6-7-9-14(13)15(18)16/h6-9,12,16H,4-5,10-11H2,1-3H3. The predicted octanol–water partition coefficient (Wildman–Crippen LogP) is 2.56. The third-order valence-corrected chi connectivity index (χ3v) is 3.85.